The number of nitrogens with zero attached hydrogens (tertiary/aromatic N) is 2. The van der Waals surface area contributed by atoms with E-state index in [0.717, 1.165) is 22.4 Å². The molecule has 0 amide bonds. The largest absolute Gasteiger partial charge is 0.497 e. The molecule has 0 unspecified atom stereocenters. The van der Waals surface area contributed by atoms with Gasteiger partial charge < -0.3 is 15.0 Å². The zero-order valence-corrected chi connectivity index (χ0v) is 10.3. The highest BCUT2D eigenvalue weighted by molar-refractivity contribution is 5.86. The van der Waals surface area contributed by atoms with Gasteiger partial charge in [0, 0.05) is 6.20 Å². The molecular weight excluding hydrogens is 244 g/mol. The minimum absolute atomic E-state index is 0.348. The molecule has 0 radical (unpaired) electrons. The second kappa shape index (κ2) is 4.49. The van der Waals surface area contributed by atoms with Crippen LogP contribution in [0.5, 0.6) is 5.75 Å². The van der Waals surface area contributed by atoms with Crippen molar-refractivity contribution in [3.63, 3.8) is 0 Å². The number of ether oxygens (including phenoxy) is 1. The molecule has 6 nitrogen and oxygen atoms in total. The zero-order chi connectivity index (χ0) is 13.2. The van der Waals surface area contributed by atoms with Crippen LogP contribution in [-0.4, -0.2) is 22.5 Å². The van der Waals surface area contributed by atoms with Crippen LogP contribution in [0.2, 0.25) is 0 Å². The Morgan fingerprint density at radius 1 is 1.21 bits per heavy atom. The molecule has 0 atom stereocenters. The van der Waals surface area contributed by atoms with Gasteiger partial charge in [0.1, 0.15) is 5.75 Å². The van der Waals surface area contributed by atoms with E-state index in [4.69, 9.17) is 15.0 Å². The van der Waals surface area contributed by atoms with Crippen molar-refractivity contribution < 1.29 is 9.26 Å². The maximum absolute atomic E-state index is 5.88. The number of aromatic nitrogens is 3. The Labute approximate surface area is 109 Å². The molecule has 3 N–H and O–H groups in total. The van der Waals surface area contributed by atoms with Crippen LogP contribution < -0.4 is 10.5 Å². The lowest BCUT2D eigenvalue weighted by Gasteiger charge is -2.03. The summed E-state index contributed by atoms with van der Waals surface area (Å²) in [6.45, 7) is 0. The summed E-state index contributed by atoms with van der Waals surface area (Å²) in [5.41, 5.74) is 8.35. The summed E-state index contributed by atoms with van der Waals surface area (Å²) in [6, 6.07) is 7.54. The summed E-state index contributed by atoms with van der Waals surface area (Å²) in [7, 11) is 1.62. The summed E-state index contributed by atoms with van der Waals surface area (Å²) >= 11 is 0. The molecule has 0 aliphatic rings. The number of nitrogens with two attached hydrogens (primary N) is 1. The van der Waals surface area contributed by atoms with Gasteiger partial charge in [-0.15, -0.1) is 0 Å². The van der Waals surface area contributed by atoms with Crippen molar-refractivity contribution in [1.82, 2.24) is 15.4 Å². The fourth-order valence-electron chi connectivity index (χ4n) is 1.91. The van der Waals surface area contributed by atoms with E-state index in [-0.39, 0.29) is 0 Å². The third-order valence-electron chi connectivity index (χ3n) is 2.86. The number of anilines is 1. The van der Waals surface area contributed by atoms with E-state index in [0.29, 0.717) is 11.6 Å². The van der Waals surface area contributed by atoms with E-state index in [2.05, 4.69) is 15.4 Å². The Kier molecular flexibility index (Phi) is 2.68. The Hall–Kier alpha value is -2.76. The van der Waals surface area contributed by atoms with Crippen molar-refractivity contribution in [2.24, 2.45) is 0 Å². The van der Waals surface area contributed by atoms with E-state index in [1.165, 1.54) is 0 Å². The first-order valence-electron chi connectivity index (χ1n) is 5.68. The summed E-state index contributed by atoms with van der Waals surface area (Å²) in [6.07, 6.45) is 3.39. The summed E-state index contributed by atoms with van der Waals surface area (Å²) < 4.78 is 10.4. The van der Waals surface area contributed by atoms with E-state index >= 15 is 0 Å². The van der Waals surface area contributed by atoms with Crippen LogP contribution in [-0.2, 0) is 0 Å². The van der Waals surface area contributed by atoms with Crippen molar-refractivity contribution in [1.29, 1.82) is 0 Å². The molecule has 0 fully saturated rings. The SMILES string of the molecule is COc1ccc(-c2c(N)noc2-c2cn[nH]c2)cc1. The number of nitrogen functional groups attached to an aromatic ring is 1. The Morgan fingerprint density at radius 2 is 2.00 bits per heavy atom. The van der Waals surface area contributed by atoms with Gasteiger partial charge in [0.05, 0.1) is 24.4 Å². The number of nitrogens with one attached hydrogen (secondary N) is 1. The fourth-order valence-corrected chi connectivity index (χ4v) is 1.91. The second-order valence-corrected chi connectivity index (χ2v) is 3.99. The van der Waals surface area contributed by atoms with E-state index < -0.39 is 0 Å². The molecule has 2 heterocycles. The number of H-pyrrole nitrogens is 1. The molecule has 0 bridgehead atoms. The van der Waals surface area contributed by atoms with Crippen molar-refractivity contribution in [3.05, 3.63) is 36.7 Å². The highest BCUT2D eigenvalue weighted by Gasteiger charge is 2.18. The van der Waals surface area contributed by atoms with Crippen LogP contribution >= 0.6 is 0 Å². The molecule has 1 aromatic carbocycles. The van der Waals surface area contributed by atoms with Crippen molar-refractivity contribution in [3.8, 4) is 28.2 Å². The van der Waals surface area contributed by atoms with Crippen molar-refractivity contribution in [2.75, 3.05) is 12.8 Å². The van der Waals surface area contributed by atoms with Crippen LogP contribution in [0.25, 0.3) is 22.5 Å². The number of hydrogen-bond acceptors (Lipinski definition) is 5. The van der Waals surface area contributed by atoms with Gasteiger partial charge in [-0.1, -0.05) is 17.3 Å². The monoisotopic (exact) mass is 256 g/mol. The van der Waals surface area contributed by atoms with Crippen LogP contribution in [0, 0.1) is 0 Å². The Morgan fingerprint density at radius 3 is 2.63 bits per heavy atom. The van der Waals surface area contributed by atoms with Gasteiger partial charge in [-0.2, -0.15) is 5.10 Å². The topological polar surface area (TPSA) is 90.0 Å². The Bertz CT molecular complexity index is 671. The average Bonchev–Trinajstić information content (AvgIpc) is 3.08. The number of hydrogen-bond donors (Lipinski definition) is 2. The third kappa shape index (κ3) is 1.93. The van der Waals surface area contributed by atoms with Crippen LogP contribution in [0.4, 0.5) is 5.82 Å². The molecule has 6 heteroatoms. The molecule has 0 spiro atoms. The molecule has 0 aliphatic heterocycles. The third-order valence-corrected chi connectivity index (χ3v) is 2.86. The number of rotatable bonds is 3. The van der Waals surface area contributed by atoms with Gasteiger partial charge >= 0.3 is 0 Å². The molecule has 2 aromatic heterocycles. The number of aromatic amines is 1. The highest BCUT2D eigenvalue weighted by Crippen LogP contribution is 2.36. The van der Waals surface area contributed by atoms with Crippen molar-refractivity contribution >= 4 is 5.82 Å². The minimum Gasteiger partial charge on any atom is -0.497 e. The molecule has 96 valence electrons. The first-order valence-corrected chi connectivity index (χ1v) is 5.68. The smallest absolute Gasteiger partial charge is 0.180 e. The molecule has 0 saturated carbocycles. The maximum atomic E-state index is 5.88. The van der Waals surface area contributed by atoms with Crippen molar-refractivity contribution in [2.45, 2.75) is 0 Å². The summed E-state index contributed by atoms with van der Waals surface area (Å²) in [5, 5.41) is 10.5. The normalized spacial score (nSPS) is 10.6. The summed E-state index contributed by atoms with van der Waals surface area (Å²) in [5.74, 6) is 1.72. The highest BCUT2D eigenvalue weighted by atomic mass is 16.5. The molecule has 19 heavy (non-hydrogen) atoms. The van der Waals surface area contributed by atoms with Gasteiger partial charge in [0.25, 0.3) is 0 Å². The average molecular weight is 256 g/mol. The number of methoxy groups -OCH3 is 1. The minimum atomic E-state index is 0.348. The maximum Gasteiger partial charge on any atom is 0.180 e. The lowest BCUT2D eigenvalue weighted by molar-refractivity contribution is 0.415. The van der Waals surface area contributed by atoms with Gasteiger partial charge in [0.15, 0.2) is 11.6 Å². The van der Waals surface area contributed by atoms with Gasteiger partial charge in [-0.25, -0.2) is 0 Å². The van der Waals surface area contributed by atoms with Crippen LogP contribution in [0.1, 0.15) is 0 Å². The van der Waals surface area contributed by atoms with Gasteiger partial charge in [0.2, 0.25) is 0 Å². The molecule has 0 saturated heterocycles. The molecule has 0 aliphatic carbocycles. The zero-order valence-electron chi connectivity index (χ0n) is 10.3. The first-order chi connectivity index (χ1) is 9.29. The lowest BCUT2D eigenvalue weighted by atomic mass is 10.0. The van der Waals surface area contributed by atoms with Crippen LogP contribution in [0.3, 0.4) is 0 Å². The molecule has 3 rings (SSSR count). The molecular formula is C13H12N4O2. The van der Waals surface area contributed by atoms with E-state index in [9.17, 15) is 0 Å². The van der Waals surface area contributed by atoms with Gasteiger partial charge in [-0.05, 0) is 17.7 Å². The number of benzene rings is 1. The summed E-state index contributed by atoms with van der Waals surface area (Å²) in [4.78, 5) is 0. The predicted molar refractivity (Wildman–Crippen MR) is 70.5 cm³/mol. The molecule has 3 aromatic rings. The quantitative estimate of drug-likeness (QED) is 0.750. The van der Waals surface area contributed by atoms with Crippen LogP contribution in [0.15, 0.2) is 41.2 Å². The van der Waals surface area contributed by atoms with Gasteiger partial charge in [-0.3, -0.25) is 5.10 Å². The fraction of sp³-hybridized carbons (Fsp3) is 0.0769. The van der Waals surface area contributed by atoms with E-state index in [1.54, 1.807) is 19.5 Å². The van der Waals surface area contributed by atoms with E-state index in [1.807, 2.05) is 24.3 Å². The Balaban J connectivity index is 2.11. The predicted octanol–water partition coefficient (Wildman–Crippen LogP) is 2.32. The standard InChI is InChI=1S/C13H12N4O2/c1-18-10-4-2-8(3-5-10)11-12(19-17-13(11)14)9-6-15-16-7-9/h2-7H,1H3,(H2,14,17)(H,15,16). The lowest BCUT2D eigenvalue weighted by Crippen LogP contribution is -1.89. The first kappa shape index (κ1) is 11.3. The second-order valence-electron chi connectivity index (χ2n) is 3.99.